The predicted molar refractivity (Wildman–Crippen MR) is 63.7 cm³/mol. The normalized spacial score (nSPS) is 11.2. The third-order valence-electron chi connectivity index (χ3n) is 2.24. The predicted octanol–water partition coefficient (Wildman–Crippen LogP) is 2.62. The van der Waals surface area contributed by atoms with Gasteiger partial charge < -0.3 is 10.0 Å². The Morgan fingerprint density at radius 3 is 2.42 bits per heavy atom. The topological polar surface area (TPSA) is 57.6 Å². The van der Waals surface area contributed by atoms with Gasteiger partial charge in [-0.3, -0.25) is 9.59 Å². The zero-order valence-electron chi connectivity index (χ0n) is 9.66. The second kappa shape index (κ2) is 5.60. The van der Waals surface area contributed by atoms with Crippen molar-refractivity contribution in [2.24, 2.45) is 0 Å². The molecule has 0 unspecified atom stereocenters. The number of rotatable bonds is 3. The van der Waals surface area contributed by atoms with E-state index >= 15 is 0 Å². The van der Waals surface area contributed by atoms with Crippen molar-refractivity contribution in [2.45, 2.75) is 6.18 Å². The fourth-order valence-electron chi connectivity index (χ4n) is 1.35. The lowest BCUT2D eigenvalue weighted by Gasteiger charge is -2.16. The summed E-state index contributed by atoms with van der Waals surface area (Å²) in [6.45, 7) is -0.596. The van der Waals surface area contributed by atoms with Crippen molar-refractivity contribution >= 4 is 27.8 Å². The van der Waals surface area contributed by atoms with Crippen molar-refractivity contribution in [3.05, 3.63) is 33.8 Å². The van der Waals surface area contributed by atoms with E-state index < -0.39 is 30.2 Å². The Morgan fingerprint density at radius 1 is 1.37 bits per heavy atom. The molecule has 0 bridgehead atoms. The summed E-state index contributed by atoms with van der Waals surface area (Å²) in [5, 5.41) is 8.55. The fourth-order valence-corrected chi connectivity index (χ4v) is 1.76. The first-order chi connectivity index (χ1) is 8.62. The van der Waals surface area contributed by atoms with Crippen LogP contribution in [0.3, 0.4) is 0 Å². The zero-order chi connectivity index (χ0) is 14.8. The van der Waals surface area contributed by atoms with Crippen LogP contribution in [0.5, 0.6) is 0 Å². The van der Waals surface area contributed by atoms with E-state index in [0.717, 1.165) is 17.0 Å². The van der Waals surface area contributed by atoms with E-state index in [1.807, 2.05) is 0 Å². The van der Waals surface area contributed by atoms with Gasteiger partial charge in [-0.15, -0.1) is 0 Å². The maximum atomic E-state index is 12.5. The van der Waals surface area contributed by atoms with Gasteiger partial charge in [0.15, 0.2) is 0 Å². The fraction of sp³-hybridized carbons (Fsp3) is 0.273. The molecule has 1 N–H and O–H groups in total. The van der Waals surface area contributed by atoms with Gasteiger partial charge in [-0.25, -0.2) is 0 Å². The van der Waals surface area contributed by atoms with Crippen molar-refractivity contribution in [3.8, 4) is 0 Å². The number of nitrogens with zero attached hydrogens (tertiary/aromatic N) is 1. The molecule has 0 radical (unpaired) electrons. The summed E-state index contributed by atoms with van der Waals surface area (Å²) in [6, 6.07) is 2.62. The number of hydrogen-bond donors (Lipinski definition) is 1. The van der Waals surface area contributed by atoms with E-state index in [2.05, 4.69) is 15.9 Å². The lowest BCUT2D eigenvalue weighted by molar-refractivity contribution is -0.138. The third kappa shape index (κ3) is 3.95. The van der Waals surface area contributed by atoms with Crippen molar-refractivity contribution in [1.29, 1.82) is 0 Å². The smallest absolute Gasteiger partial charge is 0.416 e. The highest BCUT2D eigenvalue weighted by atomic mass is 79.9. The van der Waals surface area contributed by atoms with Crippen molar-refractivity contribution in [2.75, 3.05) is 13.6 Å². The van der Waals surface area contributed by atoms with Gasteiger partial charge in [0, 0.05) is 11.5 Å². The van der Waals surface area contributed by atoms with E-state index in [0.29, 0.717) is 6.07 Å². The van der Waals surface area contributed by atoms with Gasteiger partial charge in [0.2, 0.25) is 0 Å². The number of carboxylic acids is 1. The highest BCUT2D eigenvalue weighted by molar-refractivity contribution is 9.10. The van der Waals surface area contributed by atoms with E-state index in [4.69, 9.17) is 5.11 Å². The monoisotopic (exact) mass is 339 g/mol. The third-order valence-corrected chi connectivity index (χ3v) is 2.93. The molecule has 1 amide bonds. The zero-order valence-corrected chi connectivity index (χ0v) is 11.2. The van der Waals surface area contributed by atoms with Crippen molar-refractivity contribution in [1.82, 2.24) is 4.90 Å². The molecule has 0 saturated heterocycles. The van der Waals surface area contributed by atoms with Gasteiger partial charge in [-0.05, 0) is 34.1 Å². The minimum Gasteiger partial charge on any atom is -0.480 e. The molecular formula is C11H9BrF3NO3. The van der Waals surface area contributed by atoms with Gasteiger partial charge >= 0.3 is 12.1 Å². The number of carbonyl (C=O) groups excluding carboxylic acids is 1. The molecule has 0 aliphatic heterocycles. The number of aliphatic carboxylic acids is 1. The molecule has 4 nitrogen and oxygen atoms in total. The Balaban J connectivity index is 3.12. The van der Waals surface area contributed by atoms with E-state index in [1.54, 1.807) is 0 Å². The summed E-state index contributed by atoms with van der Waals surface area (Å²) in [5.74, 6) is -2.06. The molecule has 0 aromatic heterocycles. The first-order valence-corrected chi connectivity index (χ1v) is 5.76. The number of carbonyl (C=O) groups is 2. The first-order valence-electron chi connectivity index (χ1n) is 4.97. The van der Waals surface area contributed by atoms with Crippen molar-refractivity contribution in [3.63, 3.8) is 0 Å². The van der Waals surface area contributed by atoms with Gasteiger partial charge in [-0.1, -0.05) is 0 Å². The van der Waals surface area contributed by atoms with E-state index in [1.165, 1.54) is 7.05 Å². The number of halogens is 4. The van der Waals surface area contributed by atoms with Gasteiger partial charge in [-0.2, -0.15) is 13.2 Å². The van der Waals surface area contributed by atoms with Crippen molar-refractivity contribution < 1.29 is 27.9 Å². The Morgan fingerprint density at radius 2 is 1.95 bits per heavy atom. The summed E-state index contributed by atoms with van der Waals surface area (Å²) in [5.41, 5.74) is -1.21. The molecule has 0 saturated carbocycles. The van der Waals surface area contributed by atoms with E-state index in [-0.39, 0.29) is 10.0 Å². The molecule has 0 atom stereocenters. The molecule has 1 aromatic rings. The minimum absolute atomic E-state index is 0.169. The molecule has 1 aromatic carbocycles. The van der Waals surface area contributed by atoms with Crippen LogP contribution in [-0.2, 0) is 11.0 Å². The molecule has 0 heterocycles. The highest BCUT2D eigenvalue weighted by Crippen LogP contribution is 2.32. The summed E-state index contributed by atoms with van der Waals surface area (Å²) in [6.07, 6.45) is -4.57. The molecule has 19 heavy (non-hydrogen) atoms. The molecule has 0 aliphatic rings. The molecule has 8 heteroatoms. The van der Waals surface area contributed by atoms with Gasteiger partial charge in [0.25, 0.3) is 5.91 Å². The molecule has 0 aliphatic carbocycles. The van der Waals surface area contributed by atoms with Crippen LogP contribution in [0, 0.1) is 0 Å². The minimum atomic E-state index is -4.57. The van der Waals surface area contributed by atoms with Crippen LogP contribution in [0.4, 0.5) is 13.2 Å². The van der Waals surface area contributed by atoms with Crippen LogP contribution in [0.15, 0.2) is 22.7 Å². The quantitative estimate of drug-likeness (QED) is 0.920. The summed E-state index contributed by atoms with van der Waals surface area (Å²) < 4.78 is 37.8. The SMILES string of the molecule is CN(CC(=O)O)C(=O)c1cc(C(F)(F)F)ccc1Br. The standard InChI is InChI=1S/C11H9BrF3NO3/c1-16(5-9(17)18)10(19)7-4-6(11(13,14)15)2-3-8(7)12/h2-4H,5H2,1H3,(H,17,18). The largest absolute Gasteiger partial charge is 0.480 e. The average molecular weight is 340 g/mol. The number of benzene rings is 1. The highest BCUT2D eigenvalue weighted by Gasteiger charge is 2.32. The maximum absolute atomic E-state index is 12.5. The van der Waals surface area contributed by atoms with Gasteiger partial charge in [0.1, 0.15) is 6.54 Å². The maximum Gasteiger partial charge on any atom is 0.416 e. The Hall–Kier alpha value is -1.57. The second-order valence-corrected chi connectivity index (χ2v) is 4.60. The molecular weight excluding hydrogens is 331 g/mol. The second-order valence-electron chi connectivity index (χ2n) is 3.75. The summed E-state index contributed by atoms with van der Waals surface area (Å²) >= 11 is 2.97. The molecule has 0 spiro atoms. The average Bonchev–Trinajstić information content (AvgIpc) is 2.26. The van der Waals surface area contributed by atoms with Crippen LogP contribution < -0.4 is 0 Å². The Bertz CT molecular complexity index is 516. The van der Waals surface area contributed by atoms with Crippen LogP contribution >= 0.6 is 15.9 Å². The summed E-state index contributed by atoms with van der Waals surface area (Å²) in [4.78, 5) is 23.1. The Kier molecular flexibility index (Phi) is 4.56. The van der Waals surface area contributed by atoms with Crippen LogP contribution in [0.1, 0.15) is 15.9 Å². The first kappa shape index (κ1) is 15.5. The number of amides is 1. The Labute approximate surface area is 114 Å². The lowest BCUT2D eigenvalue weighted by Crippen LogP contribution is -2.32. The lowest BCUT2D eigenvalue weighted by atomic mass is 10.1. The van der Waals surface area contributed by atoms with Crippen LogP contribution in [0.2, 0.25) is 0 Å². The molecule has 0 fully saturated rings. The van der Waals surface area contributed by atoms with Gasteiger partial charge in [0.05, 0.1) is 11.1 Å². The molecule has 1 rings (SSSR count). The van der Waals surface area contributed by atoms with Crippen LogP contribution in [0.25, 0.3) is 0 Å². The number of likely N-dealkylation sites (N-methyl/N-ethyl adjacent to an activating group) is 1. The van der Waals surface area contributed by atoms with E-state index in [9.17, 15) is 22.8 Å². The van der Waals surface area contributed by atoms with Crippen LogP contribution in [-0.4, -0.2) is 35.5 Å². The molecule has 104 valence electrons. The number of alkyl halides is 3. The number of carboxylic acid groups (broad SMARTS) is 1. The number of hydrogen-bond acceptors (Lipinski definition) is 2. The summed E-state index contributed by atoms with van der Waals surface area (Å²) in [7, 11) is 1.20.